The summed E-state index contributed by atoms with van der Waals surface area (Å²) in [5, 5.41) is 0. The Labute approximate surface area is 85.9 Å². The summed E-state index contributed by atoms with van der Waals surface area (Å²) in [6.45, 7) is 6.92. The highest BCUT2D eigenvalue weighted by atomic mass is 16.3. The van der Waals surface area contributed by atoms with Gasteiger partial charge in [-0.25, -0.2) is 0 Å². The molecule has 1 rings (SSSR count). The van der Waals surface area contributed by atoms with Gasteiger partial charge in [-0.3, -0.25) is 4.90 Å². The number of furan rings is 1. The summed E-state index contributed by atoms with van der Waals surface area (Å²) < 4.78 is 5.39. The van der Waals surface area contributed by atoms with Gasteiger partial charge in [-0.1, -0.05) is 13.8 Å². The van der Waals surface area contributed by atoms with Crippen LogP contribution in [0.25, 0.3) is 0 Å². The van der Waals surface area contributed by atoms with Gasteiger partial charge in [-0.05, 0) is 19.0 Å². The van der Waals surface area contributed by atoms with Crippen LogP contribution in [-0.4, -0.2) is 18.5 Å². The van der Waals surface area contributed by atoms with Crippen molar-refractivity contribution < 1.29 is 4.42 Å². The quantitative estimate of drug-likeness (QED) is 0.781. The van der Waals surface area contributed by atoms with Crippen LogP contribution in [-0.2, 0) is 13.1 Å². The van der Waals surface area contributed by atoms with Crippen LogP contribution in [0.2, 0.25) is 0 Å². The predicted octanol–water partition coefficient (Wildman–Crippen LogP) is 1.83. The molecule has 0 aliphatic carbocycles. The van der Waals surface area contributed by atoms with E-state index in [2.05, 4.69) is 25.8 Å². The van der Waals surface area contributed by atoms with E-state index < -0.39 is 0 Å². The number of nitrogens with zero attached hydrogens (tertiary/aromatic N) is 1. The highest BCUT2D eigenvalue weighted by Gasteiger charge is 2.06. The van der Waals surface area contributed by atoms with Crippen LogP contribution in [0.1, 0.15) is 25.2 Å². The minimum absolute atomic E-state index is 0.553. The van der Waals surface area contributed by atoms with Crippen molar-refractivity contribution in [2.75, 3.05) is 13.6 Å². The molecule has 80 valence electrons. The van der Waals surface area contributed by atoms with Gasteiger partial charge >= 0.3 is 0 Å². The zero-order chi connectivity index (χ0) is 10.6. The van der Waals surface area contributed by atoms with Gasteiger partial charge in [0.15, 0.2) is 0 Å². The van der Waals surface area contributed by atoms with Crippen LogP contribution in [0.5, 0.6) is 0 Å². The van der Waals surface area contributed by atoms with Crippen LogP contribution in [0, 0.1) is 5.92 Å². The average Bonchev–Trinajstić information content (AvgIpc) is 2.50. The first-order chi connectivity index (χ1) is 6.61. The SMILES string of the molecule is CC(C)CN(C)Cc1cc(CN)co1. The summed E-state index contributed by atoms with van der Waals surface area (Å²) in [6, 6.07) is 2.02. The van der Waals surface area contributed by atoms with Crippen molar-refractivity contribution in [3.05, 3.63) is 23.7 Å². The fourth-order valence-electron chi connectivity index (χ4n) is 1.57. The molecule has 0 aliphatic heterocycles. The van der Waals surface area contributed by atoms with Crippen molar-refractivity contribution in [2.45, 2.75) is 26.9 Å². The maximum absolute atomic E-state index is 5.50. The van der Waals surface area contributed by atoms with Crippen molar-refractivity contribution in [1.82, 2.24) is 4.90 Å². The molecule has 3 nitrogen and oxygen atoms in total. The standard InChI is InChI=1S/C11H20N2O/c1-9(2)6-13(3)7-11-4-10(5-12)8-14-11/h4,8-9H,5-7,12H2,1-3H3. The third-order valence-electron chi connectivity index (χ3n) is 2.05. The highest BCUT2D eigenvalue weighted by molar-refractivity contribution is 5.12. The lowest BCUT2D eigenvalue weighted by molar-refractivity contribution is 0.265. The second-order valence-corrected chi connectivity index (χ2v) is 4.22. The monoisotopic (exact) mass is 196 g/mol. The summed E-state index contributed by atoms with van der Waals surface area (Å²) in [5.74, 6) is 1.68. The van der Waals surface area contributed by atoms with Gasteiger partial charge in [0, 0.05) is 18.7 Å². The minimum atomic E-state index is 0.553. The Balaban J connectivity index is 2.43. The van der Waals surface area contributed by atoms with Gasteiger partial charge < -0.3 is 10.2 Å². The lowest BCUT2D eigenvalue weighted by Gasteiger charge is -2.17. The zero-order valence-electron chi connectivity index (χ0n) is 9.29. The molecule has 0 saturated heterocycles. The Kier molecular flexibility index (Phi) is 4.17. The van der Waals surface area contributed by atoms with Gasteiger partial charge in [0.1, 0.15) is 5.76 Å². The molecule has 1 heterocycles. The topological polar surface area (TPSA) is 42.4 Å². The molecule has 0 atom stereocenters. The molecule has 1 aromatic rings. The number of nitrogens with two attached hydrogens (primary N) is 1. The highest BCUT2D eigenvalue weighted by Crippen LogP contribution is 2.10. The first-order valence-corrected chi connectivity index (χ1v) is 5.06. The van der Waals surface area contributed by atoms with Crippen LogP contribution in [0.3, 0.4) is 0 Å². The van der Waals surface area contributed by atoms with E-state index in [-0.39, 0.29) is 0 Å². The van der Waals surface area contributed by atoms with E-state index in [9.17, 15) is 0 Å². The summed E-state index contributed by atoms with van der Waals surface area (Å²) in [7, 11) is 2.10. The van der Waals surface area contributed by atoms with Crippen molar-refractivity contribution in [1.29, 1.82) is 0 Å². The van der Waals surface area contributed by atoms with E-state index in [1.54, 1.807) is 6.26 Å². The predicted molar refractivity (Wildman–Crippen MR) is 57.8 cm³/mol. The van der Waals surface area contributed by atoms with Gasteiger partial charge in [0.25, 0.3) is 0 Å². The van der Waals surface area contributed by atoms with E-state index in [4.69, 9.17) is 10.2 Å². The second-order valence-electron chi connectivity index (χ2n) is 4.22. The molecule has 0 bridgehead atoms. The molecule has 14 heavy (non-hydrogen) atoms. The van der Waals surface area contributed by atoms with Gasteiger partial charge in [-0.2, -0.15) is 0 Å². The third kappa shape index (κ3) is 3.52. The first kappa shape index (κ1) is 11.3. The van der Waals surface area contributed by atoms with E-state index in [1.165, 1.54) is 0 Å². The largest absolute Gasteiger partial charge is 0.468 e. The molecule has 0 amide bonds. The van der Waals surface area contributed by atoms with E-state index in [0.29, 0.717) is 12.5 Å². The maximum atomic E-state index is 5.50. The normalized spacial score (nSPS) is 11.6. The van der Waals surface area contributed by atoms with Crippen molar-refractivity contribution in [3.63, 3.8) is 0 Å². The fourth-order valence-corrected chi connectivity index (χ4v) is 1.57. The van der Waals surface area contributed by atoms with Crippen LogP contribution in [0.4, 0.5) is 0 Å². The molecule has 0 spiro atoms. The average molecular weight is 196 g/mol. The molecule has 1 aromatic heterocycles. The summed E-state index contributed by atoms with van der Waals surface area (Å²) >= 11 is 0. The molecule has 0 unspecified atom stereocenters. The molecular weight excluding hydrogens is 176 g/mol. The molecule has 2 N–H and O–H groups in total. The Morgan fingerprint density at radius 2 is 2.21 bits per heavy atom. The molecule has 0 aliphatic rings. The molecule has 3 heteroatoms. The summed E-state index contributed by atoms with van der Waals surface area (Å²) in [5.41, 5.74) is 6.57. The smallest absolute Gasteiger partial charge is 0.118 e. The molecule has 0 radical (unpaired) electrons. The fraction of sp³-hybridized carbons (Fsp3) is 0.636. The van der Waals surface area contributed by atoms with Crippen molar-refractivity contribution in [2.24, 2.45) is 11.7 Å². The van der Waals surface area contributed by atoms with E-state index >= 15 is 0 Å². The van der Waals surface area contributed by atoms with Gasteiger partial charge in [0.05, 0.1) is 12.8 Å². The molecule has 0 fully saturated rings. The van der Waals surface area contributed by atoms with Crippen molar-refractivity contribution >= 4 is 0 Å². The second kappa shape index (κ2) is 5.17. The van der Waals surface area contributed by atoms with E-state index in [0.717, 1.165) is 24.4 Å². The van der Waals surface area contributed by atoms with Crippen molar-refractivity contribution in [3.8, 4) is 0 Å². The third-order valence-corrected chi connectivity index (χ3v) is 2.05. The molecule has 0 saturated carbocycles. The first-order valence-electron chi connectivity index (χ1n) is 5.06. The van der Waals surface area contributed by atoms with Crippen LogP contribution < -0.4 is 5.73 Å². The summed E-state index contributed by atoms with van der Waals surface area (Å²) in [4.78, 5) is 2.25. The minimum Gasteiger partial charge on any atom is -0.468 e. The zero-order valence-corrected chi connectivity index (χ0v) is 9.29. The summed E-state index contributed by atoms with van der Waals surface area (Å²) in [6.07, 6.45) is 1.73. The molecular formula is C11H20N2O. The van der Waals surface area contributed by atoms with Crippen LogP contribution >= 0.6 is 0 Å². The van der Waals surface area contributed by atoms with Gasteiger partial charge in [-0.15, -0.1) is 0 Å². The number of rotatable bonds is 5. The maximum Gasteiger partial charge on any atom is 0.118 e. The van der Waals surface area contributed by atoms with Crippen LogP contribution in [0.15, 0.2) is 16.7 Å². The number of hydrogen-bond donors (Lipinski definition) is 1. The number of hydrogen-bond acceptors (Lipinski definition) is 3. The van der Waals surface area contributed by atoms with Gasteiger partial charge in [0.2, 0.25) is 0 Å². The Morgan fingerprint density at radius 3 is 2.71 bits per heavy atom. The lowest BCUT2D eigenvalue weighted by atomic mass is 10.2. The Morgan fingerprint density at radius 1 is 1.50 bits per heavy atom. The lowest BCUT2D eigenvalue weighted by Crippen LogP contribution is -2.22. The Hall–Kier alpha value is -0.800. The molecule has 0 aromatic carbocycles. The van der Waals surface area contributed by atoms with E-state index in [1.807, 2.05) is 6.07 Å². The Bertz CT molecular complexity index is 268.